The Balaban J connectivity index is 1.96. The van der Waals surface area contributed by atoms with Gasteiger partial charge in [-0.1, -0.05) is 13.0 Å². The Bertz CT molecular complexity index is 2040. The van der Waals surface area contributed by atoms with Crippen LogP contribution in [-0.2, 0) is 6.54 Å². The molecule has 0 aliphatic carbocycles. The van der Waals surface area contributed by atoms with Crippen molar-refractivity contribution in [1.82, 2.24) is 8.97 Å². The molecule has 204 valence electrons. The van der Waals surface area contributed by atoms with E-state index in [9.17, 15) is 20.1 Å². The maximum atomic E-state index is 14.2. The molecule has 6 rings (SSSR count). The zero-order chi connectivity index (χ0) is 28.3. The third kappa shape index (κ3) is 3.51. The highest BCUT2D eigenvalue weighted by Crippen LogP contribution is 2.46. The van der Waals surface area contributed by atoms with E-state index in [2.05, 4.69) is 0 Å². The standard InChI is InChI=1S/C31H28N2O7/c1-5-9-32-20-15-23(36)26(40-4)14-19(20)28-27(17-6-7-21(34)24(12-17)38-2)29-18-13-25(39-3)22(35)11-16(18)8-10-33(29)30(28)31(32)37/h6-8,10-15,34-36H,5,9H2,1-4H3. The topological polar surface area (TPSA) is 115 Å². The zero-order valence-electron chi connectivity index (χ0n) is 22.5. The Morgan fingerprint density at radius 3 is 2.08 bits per heavy atom. The Morgan fingerprint density at radius 1 is 0.750 bits per heavy atom. The molecule has 0 bridgehead atoms. The second kappa shape index (κ2) is 9.30. The number of phenolic OH excluding ortho intramolecular Hbond substituents is 3. The molecule has 9 nitrogen and oxygen atoms in total. The fourth-order valence-electron chi connectivity index (χ4n) is 5.66. The van der Waals surface area contributed by atoms with E-state index in [0.717, 1.165) is 10.8 Å². The predicted octanol–water partition coefficient (Wildman–Crippen LogP) is 5.78. The molecule has 0 aliphatic rings. The van der Waals surface area contributed by atoms with Gasteiger partial charge in [-0.15, -0.1) is 0 Å². The molecule has 0 unspecified atom stereocenters. The lowest BCUT2D eigenvalue weighted by molar-refractivity contribution is 0.373. The Hall–Kier alpha value is -5.05. The van der Waals surface area contributed by atoms with Gasteiger partial charge in [-0.05, 0) is 53.8 Å². The van der Waals surface area contributed by atoms with Crippen molar-refractivity contribution in [1.29, 1.82) is 0 Å². The summed E-state index contributed by atoms with van der Waals surface area (Å²) in [5, 5.41) is 34.4. The van der Waals surface area contributed by atoms with Gasteiger partial charge in [-0.25, -0.2) is 0 Å². The van der Waals surface area contributed by atoms with Gasteiger partial charge in [-0.3, -0.25) is 4.79 Å². The molecule has 3 heterocycles. The third-order valence-electron chi connectivity index (χ3n) is 7.44. The smallest absolute Gasteiger partial charge is 0.275 e. The summed E-state index contributed by atoms with van der Waals surface area (Å²) in [7, 11) is 4.44. The van der Waals surface area contributed by atoms with E-state index < -0.39 is 0 Å². The Morgan fingerprint density at radius 2 is 1.40 bits per heavy atom. The molecule has 0 saturated carbocycles. The summed E-state index contributed by atoms with van der Waals surface area (Å²) in [5.74, 6) is 0.758. The normalized spacial score (nSPS) is 11.6. The molecule has 40 heavy (non-hydrogen) atoms. The number of rotatable bonds is 6. The molecule has 6 aromatic rings. The summed E-state index contributed by atoms with van der Waals surface area (Å²) in [6, 6.07) is 13.6. The minimum absolute atomic E-state index is 0.000670. The monoisotopic (exact) mass is 540 g/mol. The maximum Gasteiger partial charge on any atom is 0.275 e. The van der Waals surface area contributed by atoms with Crippen LogP contribution in [0.15, 0.2) is 59.5 Å². The van der Waals surface area contributed by atoms with Crippen molar-refractivity contribution in [3.8, 4) is 45.6 Å². The average Bonchev–Trinajstić information content (AvgIpc) is 3.30. The van der Waals surface area contributed by atoms with E-state index in [1.807, 2.05) is 23.6 Å². The van der Waals surface area contributed by atoms with Gasteiger partial charge >= 0.3 is 0 Å². The molecule has 0 aliphatic heterocycles. The van der Waals surface area contributed by atoms with Crippen molar-refractivity contribution in [2.45, 2.75) is 19.9 Å². The highest BCUT2D eigenvalue weighted by atomic mass is 16.5. The number of aryl methyl sites for hydroxylation is 1. The summed E-state index contributed by atoms with van der Waals surface area (Å²) >= 11 is 0. The van der Waals surface area contributed by atoms with Crippen LogP contribution < -0.4 is 19.8 Å². The second-order valence-corrected chi connectivity index (χ2v) is 9.63. The molecule has 9 heteroatoms. The second-order valence-electron chi connectivity index (χ2n) is 9.63. The summed E-state index contributed by atoms with van der Waals surface area (Å²) < 4.78 is 19.9. The van der Waals surface area contributed by atoms with Crippen LogP contribution in [0.25, 0.3) is 49.2 Å². The molecule has 0 amide bonds. The van der Waals surface area contributed by atoms with Crippen LogP contribution >= 0.6 is 0 Å². The number of ether oxygens (including phenoxy) is 3. The number of benzene rings is 3. The van der Waals surface area contributed by atoms with E-state index in [-0.39, 0.29) is 34.3 Å². The van der Waals surface area contributed by atoms with Gasteiger partial charge in [0.15, 0.2) is 34.5 Å². The highest BCUT2D eigenvalue weighted by molar-refractivity contribution is 6.22. The van der Waals surface area contributed by atoms with Crippen molar-refractivity contribution < 1.29 is 29.5 Å². The predicted molar refractivity (Wildman–Crippen MR) is 155 cm³/mol. The van der Waals surface area contributed by atoms with Crippen LogP contribution in [0.1, 0.15) is 13.3 Å². The summed E-state index contributed by atoms with van der Waals surface area (Å²) in [6.45, 7) is 2.43. The fourth-order valence-corrected chi connectivity index (χ4v) is 5.66. The number of aromatic nitrogens is 2. The SMILES string of the molecule is CCCn1c(=O)c2c(c(-c3ccc(O)c(OC)c3)c3c4cc(OC)c(O)cc4ccn32)c2cc(OC)c(O)cc21. The van der Waals surface area contributed by atoms with Crippen LogP contribution in [-0.4, -0.2) is 45.6 Å². The van der Waals surface area contributed by atoms with E-state index in [1.54, 1.807) is 47.0 Å². The van der Waals surface area contributed by atoms with Gasteiger partial charge < -0.3 is 38.5 Å². The number of pyridine rings is 2. The first-order chi connectivity index (χ1) is 19.3. The number of hydrogen-bond donors (Lipinski definition) is 3. The molecular weight excluding hydrogens is 512 g/mol. The molecule has 3 N–H and O–H groups in total. The van der Waals surface area contributed by atoms with Gasteiger partial charge in [0.25, 0.3) is 5.56 Å². The fraction of sp³-hybridized carbons (Fsp3) is 0.194. The quantitative estimate of drug-likeness (QED) is 0.245. The summed E-state index contributed by atoms with van der Waals surface area (Å²) in [6.07, 6.45) is 2.52. The van der Waals surface area contributed by atoms with Gasteiger partial charge in [-0.2, -0.15) is 0 Å². The lowest BCUT2D eigenvalue weighted by Gasteiger charge is -2.14. The van der Waals surface area contributed by atoms with E-state index in [0.29, 0.717) is 57.2 Å². The van der Waals surface area contributed by atoms with Crippen LogP contribution in [0.3, 0.4) is 0 Å². The van der Waals surface area contributed by atoms with Gasteiger partial charge in [0.2, 0.25) is 0 Å². The molecule has 0 radical (unpaired) electrons. The summed E-state index contributed by atoms with van der Waals surface area (Å²) in [4.78, 5) is 14.2. The average molecular weight is 541 g/mol. The number of hydrogen-bond acceptors (Lipinski definition) is 7. The minimum Gasteiger partial charge on any atom is -0.504 e. The van der Waals surface area contributed by atoms with E-state index in [4.69, 9.17) is 14.2 Å². The van der Waals surface area contributed by atoms with Crippen molar-refractivity contribution in [3.05, 3.63) is 65.1 Å². The van der Waals surface area contributed by atoms with E-state index >= 15 is 0 Å². The summed E-state index contributed by atoms with van der Waals surface area (Å²) in [5.41, 5.74) is 2.91. The van der Waals surface area contributed by atoms with Crippen molar-refractivity contribution in [2.24, 2.45) is 0 Å². The van der Waals surface area contributed by atoms with Crippen LogP contribution in [0, 0.1) is 0 Å². The van der Waals surface area contributed by atoms with Crippen molar-refractivity contribution in [2.75, 3.05) is 21.3 Å². The van der Waals surface area contributed by atoms with Gasteiger partial charge in [0.05, 0.1) is 32.4 Å². The Labute approximate surface area is 228 Å². The zero-order valence-corrected chi connectivity index (χ0v) is 22.5. The molecule has 0 fully saturated rings. The van der Waals surface area contributed by atoms with Crippen molar-refractivity contribution >= 4 is 38.1 Å². The number of phenols is 3. The van der Waals surface area contributed by atoms with Crippen LogP contribution in [0.5, 0.6) is 34.5 Å². The first-order valence-electron chi connectivity index (χ1n) is 12.8. The number of nitrogens with zero attached hydrogens (tertiary/aromatic N) is 2. The Kier molecular flexibility index (Phi) is 5.87. The van der Waals surface area contributed by atoms with Crippen LogP contribution in [0.4, 0.5) is 0 Å². The first kappa shape index (κ1) is 25.2. The lowest BCUT2D eigenvalue weighted by atomic mass is 9.97. The van der Waals surface area contributed by atoms with E-state index in [1.165, 1.54) is 21.3 Å². The highest BCUT2D eigenvalue weighted by Gasteiger charge is 2.25. The lowest BCUT2D eigenvalue weighted by Crippen LogP contribution is -2.21. The molecule has 0 atom stereocenters. The number of aromatic hydroxyl groups is 3. The number of fused-ring (bicyclic) bond motifs is 7. The molecule has 3 aromatic carbocycles. The van der Waals surface area contributed by atoms with Gasteiger partial charge in [0, 0.05) is 40.5 Å². The third-order valence-corrected chi connectivity index (χ3v) is 7.44. The molecule has 3 aromatic heterocycles. The minimum atomic E-state index is -0.217. The molecule has 0 spiro atoms. The van der Waals surface area contributed by atoms with Gasteiger partial charge in [0.1, 0.15) is 5.52 Å². The maximum absolute atomic E-state index is 14.2. The first-order valence-corrected chi connectivity index (χ1v) is 12.8. The molecule has 0 saturated heterocycles. The molecular formula is C31H28N2O7. The number of methoxy groups -OCH3 is 3. The van der Waals surface area contributed by atoms with Crippen molar-refractivity contribution in [3.63, 3.8) is 0 Å². The largest absolute Gasteiger partial charge is 0.504 e. The van der Waals surface area contributed by atoms with Crippen LogP contribution in [0.2, 0.25) is 0 Å².